The fourth-order valence-electron chi connectivity index (χ4n) is 3.51. The van der Waals surface area contributed by atoms with Crippen molar-refractivity contribution in [2.45, 2.75) is 19.9 Å². The van der Waals surface area contributed by atoms with Gasteiger partial charge in [0, 0.05) is 31.7 Å². The number of aromatic nitrogens is 2. The molecule has 2 aromatic carbocycles. The Morgan fingerprint density at radius 3 is 2.52 bits per heavy atom. The highest BCUT2D eigenvalue weighted by atomic mass is 35.5. The first-order chi connectivity index (χ1) is 13.1. The van der Waals surface area contributed by atoms with Crippen LogP contribution in [0.2, 0.25) is 5.02 Å². The second-order valence-corrected chi connectivity index (χ2v) is 7.37. The summed E-state index contributed by atoms with van der Waals surface area (Å²) < 4.78 is 5.97. The third kappa shape index (κ3) is 3.84. The molecular formula is C21H23ClN4O. The average molecular weight is 383 g/mol. The topological polar surface area (TPSA) is 45.4 Å². The van der Waals surface area contributed by atoms with E-state index in [1.54, 1.807) is 0 Å². The summed E-state index contributed by atoms with van der Waals surface area (Å²) in [5, 5.41) is 9.35. The lowest BCUT2D eigenvalue weighted by Gasteiger charge is -2.38. The highest BCUT2D eigenvalue weighted by Gasteiger charge is 2.26. The van der Waals surface area contributed by atoms with E-state index in [1.807, 2.05) is 30.3 Å². The zero-order chi connectivity index (χ0) is 18.8. The van der Waals surface area contributed by atoms with E-state index in [4.69, 9.17) is 16.0 Å². The molecule has 6 heteroatoms. The summed E-state index contributed by atoms with van der Waals surface area (Å²) in [6.07, 6.45) is 0. The maximum absolute atomic E-state index is 6.34. The van der Waals surface area contributed by atoms with Crippen LogP contribution >= 0.6 is 11.6 Å². The molecule has 140 valence electrons. The van der Waals surface area contributed by atoms with Crippen LogP contribution in [0, 0.1) is 6.92 Å². The van der Waals surface area contributed by atoms with Crippen molar-refractivity contribution in [1.82, 2.24) is 15.1 Å². The highest BCUT2D eigenvalue weighted by molar-refractivity contribution is 6.33. The number of para-hydroxylation sites is 1. The van der Waals surface area contributed by atoms with Gasteiger partial charge in [-0.15, -0.1) is 10.2 Å². The monoisotopic (exact) mass is 382 g/mol. The normalized spacial score (nSPS) is 16.5. The molecule has 5 nitrogen and oxygen atoms in total. The van der Waals surface area contributed by atoms with E-state index in [0.717, 1.165) is 42.5 Å². The minimum atomic E-state index is 0.0875. The molecular weight excluding hydrogens is 360 g/mol. The molecule has 27 heavy (non-hydrogen) atoms. The maximum Gasteiger partial charge on any atom is 0.247 e. The van der Waals surface area contributed by atoms with Crippen molar-refractivity contribution in [3.05, 3.63) is 65.0 Å². The number of piperazine rings is 1. The first-order valence-electron chi connectivity index (χ1n) is 9.26. The summed E-state index contributed by atoms with van der Waals surface area (Å²) in [5.74, 6) is 1.24. The van der Waals surface area contributed by atoms with Crippen molar-refractivity contribution in [3.63, 3.8) is 0 Å². The summed E-state index contributed by atoms with van der Waals surface area (Å²) in [7, 11) is 0. The summed E-state index contributed by atoms with van der Waals surface area (Å²) >= 11 is 6.34. The quantitative estimate of drug-likeness (QED) is 0.660. The Labute approximate surface area is 164 Å². The third-order valence-electron chi connectivity index (χ3n) is 5.12. The molecule has 0 bridgehead atoms. The Hall–Kier alpha value is -2.37. The lowest BCUT2D eigenvalue weighted by Crippen LogP contribution is -2.47. The van der Waals surface area contributed by atoms with Crippen molar-refractivity contribution >= 4 is 17.3 Å². The van der Waals surface area contributed by atoms with Gasteiger partial charge in [0.2, 0.25) is 11.8 Å². The number of hydrogen-bond acceptors (Lipinski definition) is 5. The highest BCUT2D eigenvalue weighted by Crippen LogP contribution is 2.29. The fourth-order valence-corrected chi connectivity index (χ4v) is 3.77. The Balaban J connectivity index is 1.43. The lowest BCUT2D eigenvalue weighted by atomic mass is 10.1. The molecule has 0 spiro atoms. The van der Waals surface area contributed by atoms with Gasteiger partial charge in [-0.25, -0.2) is 0 Å². The van der Waals surface area contributed by atoms with E-state index < -0.39 is 0 Å². The van der Waals surface area contributed by atoms with Crippen LogP contribution in [0.5, 0.6) is 0 Å². The van der Waals surface area contributed by atoms with Crippen LogP contribution < -0.4 is 4.90 Å². The number of anilines is 1. The van der Waals surface area contributed by atoms with Crippen LogP contribution in [0.15, 0.2) is 52.9 Å². The van der Waals surface area contributed by atoms with E-state index in [0.29, 0.717) is 11.8 Å². The minimum Gasteiger partial charge on any atom is -0.419 e. The van der Waals surface area contributed by atoms with Gasteiger partial charge in [-0.1, -0.05) is 41.4 Å². The molecule has 1 fully saturated rings. The van der Waals surface area contributed by atoms with Crippen LogP contribution in [0.1, 0.15) is 24.4 Å². The molecule has 1 aromatic heterocycles. The second kappa shape index (κ2) is 7.71. The van der Waals surface area contributed by atoms with Crippen molar-refractivity contribution in [2.24, 2.45) is 0 Å². The first kappa shape index (κ1) is 18.0. The van der Waals surface area contributed by atoms with Gasteiger partial charge in [-0.05, 0) is 38.1 Å². The van der Waals surface area contributed by atoms with Gasteiger partial charge < -0.3 is 9.32 Å². The predicted molar refractivity (Wildman–Crippen MR) is 108 cm³/mol. The zero-order valence-corrected chi connectivity index (χ0v) is 16.4. The van der Waals surface area contributed by atoms with Gasteiger partial charge in [0.15, 0.2) is 0 Å². The van der Waals surface area contributed by atoms with E-state index >= 15 is 0 Å². The van der Waals surface area contributed by atoms with Gasteiger partial charge in [0.05, 0.1) is 16.8 Å². The third-order valence-corrected chi connectivity index (χ3v) is 5.44. The van der Waals surface area contributed by atoms with Crippen LogP contribution in [0.25, 0.3) is 11.5 Å². The van der Waals surface area contributed by atoms with Crippen LogP contribution in [0.3, 0.4) is 0 Å². The molecule has 1 aliphatic rings. The molecule has 4 rings (SSSR count). The number of benzene rings is 2. The molecule has 0 N–H and O–H groups in total. The molecule has 1 atom stereocenters. The number of nitrogens with zero attached hydrogens (tertiary/aromatic N) is 4. The van der Waals surface area contributed by atoms with Crippen LogP contribution in [0.4, 0.5) is 5.69 Å². The van der Waals surface area contributed by atoms with E-state index in [-0.39, 0.29) is 6.04 Å². The zero-order valence-electron chi connectivity index (χ0n) is 15.6. The van der Waals surface area contributed by atoms with Gasteiger partial charge in [-0.2, -0.15) is 0 Å². The molecule has 0 unspecified atom stereocenters. The second-order valence-electron chi connectivity index (χ2n) is 6.97. The number of halogens is 1. The maximum atomic E-state index is 6.34. The summed E-state index contributed by atoms with van der Waals surface area (Å²) in [5.41, 5.74) is 3.24. The van der Waals surface area contributed by atoms with Crippen molar-refractivity contribution < 1.29 is 4.42 Å². The Kier molecular flexibility index (Phi) is 5.14. The molecule has 1 aliphatic heterocycles. The summed E-state index contributed by atoms with van der Waals surface area (Å²) in [6.45, 7) is 7.88. The van der Waals surface area contributed by atoms with Gasteiger partial charge in [-0.3, -0.25) is 4.90 Å². The molecule has 0 radical (unpaired) electrons. The van der Waals surface area contributed by atoms with Crippen molar-refractivity contribution in [1.29, 1.82) is 0 Å². The Morgan fingerprint density at radius 1 is 1.00 bits per heavy atom. The van der Waals surface area contributed by atoms with Crippen molar-refractivity contribution in [3.8, 4) is 11.5 Å². The molecule has 0 aliphatic carbocycles. The Morgan fingerprint density at radius 2 is 1.78 bits per heavy atom. The first-order valence-corrected chi connectivity index (χ1v) is 9.63. The Bertz CT molecular complexity index is 918. The summed E-state index contributed by atoms with van der Waals surface area (Å²) in [6, 6.07) is 16.2. The molecule has 1 saturated heterocycles. The van der Waals surface area contributed by atoms with E-state index in [2.05, 4.69) is 52.0 Å². The lowest BCUT2D eigenvalue weighted by molar-refractivity contribution is 0.174. The number of aryl methyl sites for hydroxylation is 1. The van der Waals surface area contributed by atoms with Crippen LogP contribution in [-0.4, -0.2) is 41.3 Å². The van der Waals surface area contributed by atoms with E-state index in [1.165, 1.54) is 5.56 Å². The van der Waals surface area contributed by atoms with Gasteiger partial charge in [0.1, 0.15) is 0 Å². The van der Waals surface area contributed by atoms with Crippen molar-refractivity contribution in [2.75, 3.05) is 31.1 Å². The number of rotatable bonds is 4. The van der Waals surface area contributed by atoms with Gasteiger partial charge >= 0.3 is 0 Å². The standard InChI is InChI=1S/C21H23ClN4O/c1-15-6-5-7-17(14-15)21-24-23-20(27-21)16(2)25-10-12-26(13-11-25)19-9-4-3-8-18(19)22/h3-9,14,16H,10-13H2,1-2H3/t16-/m0/s1. The van der Waals surface area contributed by atoms with Crippen LogP contribution in [-0.2, 0) is 0 Å². The summed E-state index contributed by atoms with van der Waals surface area (Å²) in [4.78, 5) is 4.71. The molecule has 0 amide bonds. The predicted octanol–water partition coefficient (Wildman–Crippen LogP) is 4.58. The SMILES string of the molecule is Cc1cccc(-c2nnc([C@H](C)N3CCN(c4ccccc4Cl)CC3)o2)c1. The smallest absolute Gasteiger partial charge is 0.247 e. The average Bonchev–Trinajstić information content (AvgIpc) is 3.18. The van der Waals surface area contributed by atoms with E-state index in [9.17, 15) is 0 Å². The number of hydrogen-bond donors (Lipinski definition) is 0. The largest absolute Gasteiger partial charge is 0.419 e. The molecule has 0 saturated carbocycles. The molecule has 3 aromatic rings. The fraction of sp³-hybridized carbons (Fsp3) is 0.333. The minimum absolute atomic E-state index is 0.0875. The molecule has 2 heterocycles. The van der Waals surface area contributed by atoms with Gasteiger partial charge in [0.25, 0.3) is 0 Å².